The van der Waals surface area contributed by atoms with Crippen molar-refractivity contribution in [2.24, 2.45) is 5.73 Å². The fourth-order valence-corrected chi connectivity index (χ4v) is 2.32. The fourth-order valence-electron chi connectivity index (χ4n) is 2.32. The lowest BCUT2D eigenvalue weighted by molar-refractivity contribution is 0.241. The Morgan fingerprint density at radius 3 is 2.65 bits per heavy atom. The van der Waals surface area contributed by atoms with Crippen molar-refractivity contribution >= 4 is 0 Å². The van der Waals surface area contributed by atoms with Crippen LogP contribution in [0.1, 0.15) is 30.7 Å². The molecule has 20 heavy (non-hydrogen) atoms. The highest BCUT2D eigenvalue weighted by Gasteiger charge is 2.13. The zero-order chi connectivity index (χ0) is 14.7. The van der Waals surface area contributed by atoms with Crippen molar-refractivity contribution in [2.45, 2.75) is 40.2 Å². The van der Waals surface area contributed by atoms with E-state index in [9.17, 15) is 0 Å². The van der Waals surface area contributed by atoms with Gasteiger partial charge in [0.25, 0.3) is 0 Å². The smallest absolute Gasteiger partial charge is 0.122 e. The maximum absolute atomic E-state index is 5.77. The molecule has 0 saturated carbocycles. The van der Waals surface area contributed by atoms with Gasteiger partial charge in [-0.25, -0.2) is 0 Å². The van der Waals surface area contributed by atoms with Crippen molar-refractivity contribution in [3.8, 4) is 17.0 Å². The number of rotatable bonds is 5. The molecule has 0 unspecified atom stereocenters. The van der Waals surface area contributed by atoms with Crippen molar-refractivity contribution in [1.82, 2.24) is 10.2 Å². The average molecular weight is 273 g/mol. The van der Waals surface area contributed by atoms with E-state index in [1.807, 2.05) is 26.8 Å². The summed E-state index contributed by atoms with van der Waals surface area (Å²) in [5, 5.41) is 7.46. The van der Waals surface area contributed by atoms with Crippen molar-refractivity contribution < 1.29 is 4.74 Å². The van der Waals surface area contributed by atoms with E-state index in [1.165, 1.54) is 5.56 Å². The number of aromatic nitrogens is 2. The Balaban J connectivity index is 2.37. The SMILES string of the molecule is Cc1cc(-c2n[nH]c(C)c2CCN)ccc1OC(C)C. The molecule has 4 heteroatoms. The molecule has 108 valence electrons. The minimum atomic E-state index is 0.181. The Hall–Kier alpha value is -1.81. The van der Waals surface area contributed by atoms with Crippen LogP contribution in [0.2, 0.25) is 0 Å². The largest absolute Gasteiger partial charge is 0.491 e. The number of aromatic amines is 1. The van der Waals surface area contributed by atoms with E-state index in [0.29, 0.717) is 6.54 Å². The first kappa shape index (κ1) is 14.6. The molecule has 2 aromatic rings. The lowest BCUT2D eigenvalue weighted by Crippen LogP contribution is -2.07. The molecule has 1 aromatic carbocycles. The molecule has 0 fully saturated rings. The molecule has 0 atom stereocenters. The second-order valence-electron chi connectivity index (χ2n) is 5.36. The molecule has 0 bridgehead atoms. The second-order valence-corrected chi connectivity index (χ2v) is 5.36. The predicted octanol–water partition coefficient (Wildman–Crippen LogP) is 2.98. The molecule has 0 aliphatic carbocycles. The van der Waals surface area contributed by atoms with Crippen LogP contribution in [0.4, 0.5) is 0 Å². The van der Waals surface area contributed by atoms with E-state index in [2.05, 4.69) is 29.3 Å². The van der Waals surface area contributed by atoms with Crippen LogP contribution in [0, 0.1) is 13.8 Å². The monoisotopic (exact) mass is 273 g/mol. The third kappa shape index (κ3) is 3.02. The Kier molecular flexibility index (Phi) is 4.45. The maximum atomic E-state index is 5.77. The van der Waals surface area contributed by atoms with Gasteiger partial charge in [-0.1, -0.05) is 0 Å². The highest BCUT2D eigenvalue weighted by atomic mass is 16.5. The molecule has 0 aliphatic rings. The van der Waals surface area contributed by atoms with E-state index in [1.54, 1.807) is 0 Å². The van der Waals surface area contributed by atoms with Gasteiger partial charge in [0.1, 0.15) is 5.75 Å². The van der Waals surface area contributed by atoms with E-state index in [0.717, 1.165) is 34.7 Å². The number of hydrogen-bond donors (Lipinski definition) is 2. The molecule has 0 aliphatic heterocycles. The first-order valence-electron chi connectivity index (χ1n) is 7.04. The van der Waals surface area contributed by atoms with Crippen molar-refractivity contribution in [3.63, 3.8) is 0 Å². The zero-order valence-electron chi connectivity index (χ0n) is 12.7. The van der Waals surface area contributed by atoms with Crippen LogP contribution < -0.4 is 10.5 Å². The van der Waals surface area contributed by atoms with Crippen LogP contribution in [0.25, 0.3) is 11.3 Å². The van der Waals surface area contributed by atoms with Gasteiger partial charge in [0, 0.05) is 16.8 Å². The number of hydrogen-bond acceptors (Lipinski definition) is 3. The van der Waals surface area contributed by atoms with Gasteiger partial charge in [-0.15, -0.1) is 0 Å². The van der Waals surface area contributed by atoms with Crippen LogP contribution in [0.3, 0.4) is 0 Å². The molecular weight excluding hydrogens is 250 g/mol. The highest BCUT2D eigenvalue weighted by molar-refractivity contribution is 5.66. The lowest BCUT2D eigenvalue weighted by atomic mass is 10.0. The summed E-state index contributed by atoms with van der Waals surface area (Å²) in [4.78, 5) is 0. The van der Waals surface area contributed by atoms with Crippen LogP contribution in [-0.2, 0) is 6.42 Å². The first-order chi connectivity index (χ1) is 9.52. The van der Waals surface area contributed by atoms with Crippen molar-refractivity contribution in [3.05, 3.63) is 35.0 Å². The maximum Gasteiger partial charge on any atom is 0.122 e. The number of H-pyrrole nitrogens is 1. The summed E-state index contributed by atoms with van der Waals surface area (Å²) < 4.78 is 5.77. The fraction of sp³-hybridized carbons (Fsp3) is 0.438. The van der Waals surface area contributed by atoms with Crippen LogP contribution in [0.5, 0.6) is 5.75 Å². The van der Waals surface area contributed by atoms with Crippen LogP contribution >= 0.6 is 0 Å². The molecular formula is C16H23N3O. The Morgan fingerprint density at radius 1 is 1.30 bits per heavy atom. The minimum Gasteiger partial charge on any atom is -0.491 e. The molecule has 1 aromatic heterocycles. The molecule has 0 radical (unpaired) electrons. The standard InChI is InChI=1S/C16H23N3O/c1-10(2)20-15-6-5-13(9-11(15)3)16-14(7-8-17)12(4)18-19-16/h5-6,9-10H,7-8,17H2,1-4H3,(H,18,19). The van der Waals surface area contributed by atoms with Gasteiger partial charge in [-0.05, 0) is 64.4 Å². The highest BCUT2D eigenvalue weighted by Crippen LogP contribution is 2.29. The quantitative estimate of drug-likeness (QED) is 0.880. The molecule has 0 saturated heterocycles. The number of nitrogens with zero attached hydrogens (tertiary/aromatic N) is 1. The topological polar surface area (TPSA) is 63.9 Å². The van der Waals surface area contributed by atoms with Crippen molar-refractivity contribution in [2.75, 3.05) is 6.54 Å². The molecule has 2 rings (SSSR count). The molecule has 0 amide bonds. The van der Waals surface area contributed by atoms with Crippen molar-refractivity contribution in [1.29, 1.82) is 0 Å². The predicted molar refractivity (Wildman–Crippen MR) is 82.0 cm³/mol. The van der Waals surface area contributed by atoms with Crippen LogP contribution in [0.15, 0.2) is 18.2 Å². The summed E-state index contributed by atoms with van der Waals surface area (Å²) in [5.41, 5.74) is 11.2. The molecule has 3 N–H and O–H groups in total. The van der Waals surface area contributed by atoms with Gasteiger partial charge in [-0.3, -0.25) is 5.10 Å². The zero-order valence-corrected chi connectivity index (χ0v) is 12.7. The number of nitrogens with two attached hydrogens (primary N) is 1. The lowest BCUT2D eigenvalue weighted by Gasteiger charge is -2.13. The van der Waals surface area contributed by atoms with Gasteiger partial charge in [-0.2, -0.15) is 5.10 Å². The summed E-state index contributed by atoms with van der Waals surface area (Å²) in [7, 11) is 0. The summed E-state index contributed by atoms with van der Waals surface area (Å²) in [6.07, 6.45) is 1.01. The van der Waals surface area contributed by atoms with E-state index in [4.69, 9.17) is 10.5 Å². The van der Waals surface area contributed by atoms with Gasteiger partial charge in [0.2, 0.25) is 0 Å². The van der Waals surface area contributed by atoms with Gasteiger partial charge >= 0.3 is 0 Å². The van der Waals surface area contributed by atoms with E-state index < -0.39 is 0 Å². The summed E-state index contributed by atoms with van der Waals surface area (Å²) in [6.45, 7) is 8.78. The summed E-state index contributed by atoms with van der Waals surface area (Å²) in [6, 6.07) is 6.19. The molecule has 4 nitrogen and oxygen atoms in total. The normalized spacial score (nSPS) is 11.1. The second kappa shape index (κ2) is 6.09. The van der Waals surface area contributed by atoms with E-state index >= 15 is 0 Å². The third-order valence-corrected chi connectivity index (χ3v) is 3.28. The Labute approximate surface area is 120 Å². The Morgan fingerprint density at radius 2 is 2.05 bits per heavy atom. The third-order valence-electron chi connectivity index (χ3n) is 3.28. The summed E-state index contributed by atoms with van der Waals surface area (Å²) >= 11 is 0. The van der Waals surface area contributed by atoms with E-state index in [-0.39, 0.29) is 6.10 Å². The first-order valence-corrected chi connectivity index (χ1v) is 7.04. The number of benzene rings is 1. The van der Waals surface area contributed by atoms with Gasteiger partial charge < -0.3 is 10.5 Å². The summed E-state index contributed by atoms with van der Waals surface area (Å²) in [5.74, 6) is 0.927. The minimum absolute atomic E-state index is 0.181. The molecule has 1 heterocycles. The average Bonchev–Trinajstić information content (AvgIpc) is 2.74. The number of nitrogens with one attached hydrogen (secondary N) is 1. The molecule has 0 spiro atoms. The Bertz CT molecular complexity index is 587. The number of ether oxygens (including phenoxy) is 1. The van der Waals surface area contributed by atoms with Gasteiger partial charge in [0.15, 0.2) is 0 Å². The number of aryl methyl sites for hydroxylation is 2. The van der Waals surface area contributed by atoms with Gasteiger partial charge in [0.05, 0.1) is 11.8 Å². The van der Waals surface area contributed by atoms with Crippen LogP contribution in [-0.4, -0.2) is 22.8 Å².